The number of imidazole rings is 1. The molecule has 8 nitrogen and oxygen atoms in total. The molecule has 0 radical (unpaired) electrons. The molecule has 0 spiro atoms. The molecule has 0 saturated heterocycles. The minimum atomic E-state index is -0.335. The Morgan fingerprint density at radius 1 is 1.03 bits per heavy atom. The van der Waals surface area contributed by atoms with E-state index in [0.717, 1.165) is 22.5 Å². The number of nitrogens with one attached hydrogen (secondary N) is 1. The first-order chi connectivity index (χ1) is 15.7. The van der Waals surface area contributed by atoms with E-state index < -0.39 is 0 Å². The van der Waals surface area contributed by atoms with E-state index >= 15 is 0 Å². The van der Waals surface area contributed by atoms with Gasteiger partial charge in [0.15, 0.2) is 5.65 Å². The van der Waals surface area contributed by atoms with E-state index in [2.05, 4.69) is 25.4 Å². The van der Waals surface area contributed by atoms with Gasteiger partial charge in [0, 0.05) is 25.0 Å². The predicted molar refractivity (Wildman–Crippen MR) is 118 cm³/mol. The molecule has 0 aliphatic heterocycles. The average molecular weight is 429 g/mol. The van der Waals surface area contributed by atoms with Crippen molar-refractivity contribution in [2.24, 2.45) is 7.05 Å². The van der Waals surface area contributed by atoms with Crippen molar-refractivity contribution in [3.63, 3.8) is 0 Å². The molecule has 1 N–H and O–H groups in total. The minimum absolute atomic E-state index is 0.308. The molecule has 0 saturated carbocycles. The van der Waals surface area contributed by atoms with Gasteiger partial charge in [0.25, 0.3) is 0 Å². The van der Waals surface area contributed by atoms with Crippen molar-refractivity contribution < 1.29 is 9.13 Å². The number of rotatable bonds is 6. The summed E-state index contributed by atoms with van der Waals surface area (Å²) >= 11 is 0. The Hall–Kier alpha value is -4.27. The summed E-state index contributed by atoms with van der Waals surface area (Å²) in [5.74, 6) is 1.83. The fraction of sp³-hybridized carbons (Fsp3) is 0.130. The summed E-state index contributed by atoms with van der Waals surface area (Å²) in [4.78, 5) is 13.4. The second-order valence-electron chi connectivity index (χ2n) is 7.21. The number of anilines is 1. The summed E-state index contributed by atoms with van der Waals surface area (Å²) in [7, 11) is 3.58. The number of benzene rings is 2. The Bertz CT molecular complexity index is 1380. The predicted octanol–water partition coefficient (Wildman–Crippen LogP) is 3.90. The maximum Gasteiger partial charge on any atom is 0.168 e. The maximum atomic E-state index is 13.4. The van der Waals surface area contributed by atoms with E-state index in [1.54, 1.807) is 36.3 Å². The van der Waals surface area contributed by atoms with Crippen LogP contribution in [-0.2, 0) is 7.05 Å². The minimum Gasteiger partial charge on any atom is -0.496 e. The van der Waals surface area contributed by atoms with Crippen LogP contribution in [-0.4, -0.2) is 36.4 Å². The molecule has 5 aromatic rings. The zero-order valence-corrected chi connectivity index (χ0v) is 17.5. The molecular weight excluding hydrogens is 409 g/mol. The SMILES string of the molecule is COc1ccccc1[C@H](Nc1ncnc2c1cnn2-c1ccc(F)cc1)c1nccn1C. The van der Waals surface area contributed by atoms with Crippen molar-refractivity contribution in [3.05, 3.63) is 90.7 Å². The van der Waals surface area contributed by atoms with Crippen molar-refractivity contribution >= 4 is 16.9 Å². The lowest BCUT2D eigenvalue weighted by Gasteiger charge is -2.22. The van der Waals surface area contributed by atoms with E-state index in [1.807, 2.05) is 42.1 Å². The topological polar surface area (TPSA) is 82.7 Å². The molecule has 0 aliphatic rings. The number of hydrogen-bond acceptors (Lipinski definition) is 6. The molecule has 5 rings (SSSR count). The van der Waals surface area contributed by atoms with Gasteiger partial charge in [0.2, 0.25) is 0 Å². The van der Waals surface area contributed by atoms with Gasteiger partial charge in [-0.25, -0.2) is 24.0 Å². The highest BCUT2D eigenvalue weighted by molar-refractivity contribution is 5.87. The van der Waals surface area contributed by atoms with Gasteiger partial charge in [-0.3, -0.25) is 0 Å². The zero-order chi connectivity index (χ0) is 22.1. The summed E-state index contributed by atoms with van der Waals surface area (Å²) in [5.41, 5.74) is 2.23. The molecule has 32 heavy (non-hydrogen) atoms. The number of aromatic nitrogens is 6. The van der Waals surface area contributed by atoms with Gasteiger partial charge < -0.3 is 14.6 Å². The number of ether oxygens (including phenoxy) is 1. The summed E-state index contributed by atoms with van der Waals surface area (Å²) in [6, 6.07) is 13.5. The molecule has 1 atom stereocenters. The van der Waals surface area contributed by atoms with Crippen LogP contribution in [0, 0.1) is 5.82 Å². The first kappa shape index (κ1) is 19.7. The monoisotopic (exact) mass is 429 g/mol. The molecule has 0 unspecified atom stereocenters. The Morgan fingerprint density at radius 2 is 1.84 bits per heavy atom. The van der Waals surface area contributed by atoms with Crippen molar-refractivity contribution in [1.82, 2.24) is 29.3 Å². The average Bonchev–Trinajstić information content (AvgIpc) is 3.45. The van der Waals surface area contributed by atoms with Crippen LogP contribution in [0.1, 0.15) is 17.4 Å². The Morgan fingerprint density at radius 3 is 2.59 bits per heavy atom. The van der Waals surface area contributed by atoms with Crippen molar-refractivity contribution in [1.29, 1.82) is 0 Å². The standard InChI is InChI=1S/C23H20FN7O/c1-30-12-11-25-23(30)20(17-5-3-4-6-19(17)32-2)29-21-18-13-28-31(22(18)27-14-26-21)16-9-7-15(24)8-10-16/h3-14,20H,1-2H3,(H,26,27,29)/t20-/m0/s1. The second-order valence-corrected chi connectivity index (χ2v) is 7.21. The lowest BCUT2D eigenvalue weighted by atomic mass is 10.0. The second kappa shape index (κ2) is 8.10. The summed E-state index contributed by atoms with van der Waals surface area (Å²) in [5, 5.41) is 8.69. The summed E-state index contributed by atoms with van der Waals surface area (Å²) < 4.78 is 22.6. The fourth-order valence-corrected chi connectivity index (χ4v) is 3.71. The highest BCUT2D eigenvalue weighted by atomic mass is 19.1. The highest BCUT2D eigenvalue weighted by Crippen LogP contribution is 2.33. The summed E-state index contributed by atoms with van der Waals surface area (Å²) in [6.45, 7) is 0. The largest absolute Gasteiger partial charge is 0.496 e. The number of para-hydroxylation sites is 1. The van der Waals surface area contributed by atoms with Crippen LogP contribution in [0.15, 0.2) is 73.4 Å². The van der Waals surface area contributed by atoms with Gasteiger partial charge in [-0.05, 0) is 30.3 Å². The number of aryl methyl sites for hydroxylation is 1. The molecular formula is C23H20FN7O. The molecule has 0 fully saturated rings. The number of nitrogens with zero attached hydrogens (tertiary/aromatic N) is 6. The van der Waals surface area contributed by atoms with Crippen LogP contribution < -0.4 is 10.1 Å². The smallest absolute Gasteiger partial charge is 0.168 e. The third-order valence-electron chi connectivity index (χ3n) is 5.28. The quantitative estimate of drug-likeness (QED) is 0.441. The zero-order valence-electron chi connectivity index (χ0n) is 17.5. The fourth-order valence-electron chi connectivity index (χ4n) is 3.71. The molecule has 0 aliphatic carbocycles. The van der Waals surface area contributed by atoms with Crippen molar-refractivity contribution in [2.75, 3.05) is 12.4 Å². The first-order valence-corrected chi connectivity index (χ1v) is 9.97. The lowest BCUT2D eigenvalue weighted by Crippen LogP contribution is -2.18. The molecule has 9 heteroatoms. The third-order valence-corrected chi connectivity index (χ3v) is 5.28. The van der Waals surface area contributed by atoms with Crippen molar-refractivity contribution in [2.45, 2.75) is 6.04 Å². The van der Waals surface area contributed by atoms with Gasteiger partial charge in [0.05, 0.1) is 24.4 Å². The molecule has 160 valence electrons. The van der Waals surface area contributed by atoms with E-state index in [0.29, 0.717) is 17.2 Å². The first-order valence-electron chi connectivity index (χ1n) is 9.97. The van der Waals surface area contributed by atoms with Gasteiger partial charge in [0.1, 0.15) is 35.6 Å². The maximum absolute atomic E-state index is 13.4. The molecule has 0 amide bonds. The number of hydrogen-bond donors (Lipinski definition) is 1. The summed E-state index contributed by atoms with van der Waals surface area (Å²) in [6.07, 6.45) is 6.81. The van der Waals surface area contributed by atoms with Crippen LogP contribution in [0.3, 0.4) is 0 Å². The van der Waals surface area contributed by atoms with Crippen LogP contribution in [0.25, 0.3) is 16.7 Å². The van der Waals surface area contributed by atoms with Crippen LogP contribution in [0.5, 0.6) is 5.75 Å². The highest BCUT2D eigenvalue weighted by Gasteiger charge is 2.24. The van der Waals surface area contributed by atoms with Crippen LogP contribution >= 0.6 is 0 Å². The van der Waals surface area contributed by atoms with E-state index in [-0.39, 0.29) is 11.9 Å². The van der Waals surface area contributed by atoms with Gasteiger partial charge in [-0.15, -0.1) is 0 Å². The Labute approximate surface area is 183 Å². The molecule has 3 aromatic heterocycles. The van der Waals surface area contributed by atoms with Gasteiger partial charge >= 0.3 is 0 Å². The molecule has 2 aromatic carbocycles. The van der Waals surface area contributed by atoms with Gasteiger partial charge in [-0.1, -0.05) is 18.2 Å². The molecule has 3 heterocycles. The van der Waals surface area contributed by atoms with E-state index in [4.69, 9.17) is 4.74 Å². The van der Waals surface area contributed by atoms with Crippen LogP contribution in [0.2, 0.25) is 0 Å². The van der Waals surface area contributed by atoms with Crippen LogP contribution in [0.4, 0.5) is 10.2 Å². The normalized spacial score (nSPS) is 12.1. The number of halogens is 1. The lowest BCUT2D eigenvalue weighted by molar-refractivity contribution is 0.408. The van der Waals surface area contributed by atoms with Crippen molar-refractivity contribution in [3.8, 4) is 11.4 Å². The third kappa shape index (κ3) is 3.43. The number of methoxy groups -OCH3 is 1. The number of fused-ring (bicyclic) bond motifs is 1. The molecule has 0 bridgehead atoms. The van der Waals surface area contributed by atoms with E-state index in [9.17, 15) is 4.39 Å². The Balaban J connectivity index is 1.61. The van der Waals surface area contributed by atoms with Gasteiger partial charge in [-0.2, -0.15) is 5.10 Å². The van der Waals surface area contributed by atoms with E-state index in [1.165, 1.54) is 18.5 Å². The Kier molecular flexibility index (Phi) is 4.98.